The van der Waals surface area contributed by atoms with Crippen LogP contribution in [0.3, 0.4) is 0 Å². The van der Waals surface area contributed by atoms with E-state index in [4.69, 9.17) is 11.4 Å². The molecule has 0 bridgehead atoms. The Morgan fingerprint density at radius 1 is 1.33 bits per heavy atom. The van der Waals surface area contributed by atoms with E-state index in [0.717, 1.165) is 10.6 Å². The fraction of sp³-hybridized carbons (Fsp3) is 0.519. The smallest absolute Gasteiger partial charge is 0.257 e. The number of aromatic nitrogens is 1. The first-order chi connectivity index (χ1) is 17.0. The van der Waals surface area contributed by atoms with Crippen molar-refractivity contribution in [3.63, 3.8) is 0 Å². The highest BCUT2D eigenvalue weighted by molar-refractivity contribution is 7.15. The molecule has 192 valence electrons. The van der Waals surface area contributed by atoms with Crippen molar-refractivity contribution < 1.29 is 24.2 Å². The van der Waals surface area contributed by atoms with Crippen LogP contribution in [-0.4, -0.2) is 58.2 Å². The number of hydrogen-bond donors (Lipinski definition) is 3. The number of amides is 2. The molecule has 2 aliphatic carbocycles. The molecule has 1 saturated carbocycles. The number of thiazole rings is 1. The second-order valence-corrected chi connectivity index (χ2v) is 11.6. The van der Waals surface area contributed by atoms with Crippen LogP contribution in [0.4, 0.5) is 9.52 Å². The number of rotatable bonds is 6. The fourth-order valence-corrected chi connectivity index (χ4v) is 7.09. The Kier molecular flexibility index (Phi) is 7.24. The lowest BCUT2D eigenvalue weighted by Crippen LogP contribution is -2.57. The number of aliphatic hydroxyl groups excluding tert-OH is 2. The Balaban J connectivity index is 1.72. The van der Waals surface area contributed by atoms with Gasteiger partial charge in [0.05, 0.1) is 24.9 Å². The topological polar surface area (TPSA) is 103 Å². The Labute approximate surface area is 214 Å². The van der Waals surface area contributed by atoms with Crippen molar-refractivity contribution in [1.29, 1.82) is 0 Å². The van der Waals surface area contributed by atoms with E-state index < -0.39 is 28.7 Å². The molecule has 1 heterocycles. The van der Waals surface area contributed by atoms with Gasteiger partial charge in [0, 0.05) is 35.2 Å². The number of carbonyl (C=O) groups excluding carboxylic acids is 2. The third kappa shape index (κ3) is 4.54. The minimum Gasteiger partial charge on any atom is -0.396 e. The highest BCUT2D eigenvalue weighted by Gasteiger charge is 2.59. The number of halogens is 1. The number of carbonyl (C=O) groups is 2. The van der Waals surface area contributed by atoms with Crippen LogP contribution in [0.5, 0.6) is 0 Å². The summed E-state index contributed by atoms with van der Waals surface area (Å²) in [5.74, 6) is 1.20. The maximum absolute atomic E-state index is 13.3. The molecular weight excluding hydrogens is 481 g/mol. The first kappa shape index (κ1) is 26.3. The summed E-state index contributed by atoms with van der Waals surface area (Å²) in [4.78, 5) is 33.1. The predicted molar refractivity (Wildman–Crippen MR) is 136 cm³/mol. The van der Waals surface area contributed by atoms with Crippen molar-refractivity contribution in [2.45, 2.75) is 51.6 Å². The van der Waals surface area contributed by atoms with Crippen LogP contribution in [0.25, 0.3) is 0 Å². The van der Waals surface area contributed by atoms with Gasteiger partial charge < -0.3 is 15.1 Å². The van der Waals surface area contributed by atoms with E-state index in [0.29, 0.717) is 30.0 Å². The number of hydrogen-bond acceptors (Lipinski definition) is 6. The van der Waals surface area contributed by atoms with Crippen molar-refractivity contribution in [2.24, 2.45) is 16.7 Å². The van der Waals surface area contributed by atoms with Gasteiger partial charge in [0.25, 0.3) is 5.91 Å². The molecule has 1 aromatic heterocycles. The van der Waals surface area contributed by atoms with E-state index in [9.17, 15) is 24.2 Å². The van der Waals surface area contributed by atoms with Crippen LogP contribution in [0.1, 0.15) is 60.0 Å². The average Bonchev–Trinajstić information content (AvgIpc) is 3.25. The Bertz CT molecular complexity index is 1190. The number of nitrogens with one attached hydrogen (secondary N) is 1. The van der Waals surface area contributed by atoms with E-state index in [1.807, 2.05) is 6.92 Å². The molecule has 7 nitrogen and oxygen atoms in total. The van der Waals surface area contributed by atoms with E-state index in [-0.39, 0.29) is 37.3 Å². The minimum absolute atomic E-state index is 0.0944. The summed E-state index contributed by atoms with van der Waals surface area (Å²) in [5, 5.41) is 24.5. The summed E-state index contributed by atoms with van der Waals surface area (Å²) in [6.07, 6.45) is 6.71. The Hall–Kier alpha value is -2.80. The standard InChI is InChI=1S/C27H32FN3O4S/c1-5-12-31(4)22(34)13-18-23-19(14-20-26(18,2)11-10-21(33)27(20,3)15-32)36-25(29-23)30-24(35)16-6-8-17(28)9-7-16/h1,6-9,18,20-21,32-33H,10-15H2,2-4H3,(H,29,30,35). The first-order valence-electron chi connectivity index (χ1n) is 12.1. The van der Waals surface area contributed by atoms with E-state index in [2.05, 4.69) is 18.2 Å². The molecule has 3 N–H and O–H groups in total. The Morgan fingerprint density at radius 2 is 2.03 bits per heavy atom. The number of anilines is 1. The fourth-order valence-electron chi connectivity index (χ4n) is 6.03. The molecule has 1 aromatic carbocycles. The lowest BCUT2D eigenvalue weighted by Gasteiger charge is -2.58. The van der Waals surface area contributed by atoms with Gasteiger partial charge in [0.1, 0.15) is 5.82 Å². The molecule has 4 rings (SSSR count). The molecule has 5 unspecified atom stereocenters. The summed E-state index contributed by atoms with van der Waals surface area (Å²) in [5.41, 5.74) is -0.0583. The summed E-state index contributed by atoms with van der Waals surface area (Å²) >= 11 is 1.34. The lowest BCUT2D eigenvalue weighted by atomic mass is 9.47. The first-order valence-corrected chi connectivity index (χ1v) is 12.9. The maximum Gasteiger partial charge on any atom is 0.257 e. The molecule has 2 amide bonds. The minimum atomic E-state index is -0.738. The van der Waals surface area contributed by atoms with Gasteiger partial charge in [-0.1, -0.05) is 19.8 Å². The zero-order chi connectivity index (χ0) is 26.3. The highest BCUT2D eigenvalue weighted by atomic mass is 32.1. The summed E-state index contributed by atoms with van der Waals surface area (Å²) in [7, 11) is 1.67. The lowest BCUT2D eigenvalue weighted by molar-refractivity contribution is -0.146. The van der Waals surface area contributed by atoms with Gasteiger partial charge in [0.2, 0.25) is 5.91 Å². The van der Waals surface area contributed by atoms with Gasteiger partial charge in [-0.25, -0.2) is 9.37 Å². The second-order valence-electron chi connectivity index (χ2n) is 10.5. The summed E-state index contributed by atoms with van der Waals surface area (Å²) in [6, 6.07) is 5.26. The molecule has 5 atom stereocenters. The van der Waals surface area contributed by atoms with Crippen molar-refractivity contribution in [3.05, 3.63) is 46.2 Å². The molecule has 36 heavy (non-hydrogen) atoms. The molecule has 2 aliphatic rings. The second kappa shape index (κ2) is 9.92. The molecule has 0 aliphatic heterocycles. The van der Waals surface area contributed by atoms with Crippen LogP contribution < -0.4 is 5.32 Å². The highest BCUT2D eigenvalue weighted by Crippen LogP contribution is 2.62. The summed E-state index contributed by atoms with van der Waals surface area (Å²) in [6.45, 7) is 4.05. The Morgan fingerprint density at radius 3 is 2.67 bits per heavy atom. The van der Waals surface area contributed by atoms with Gasteiger partial charge in [-0.05, 0) is 54.9 Å². The zero-order valence-corrected chi connectivity index (χ0v) is 21.6. The van der Waals surface area contributed by atoms with E-state index in [1.54, 1.807) is 7.05 Å². The largest absolute Gasteiger partial charge is 0.396 e. The molecule has 0 saturated heterocycles. The van der Waals surface area contributed by atoms with Crippen molar-refractivity contribution in [2.75, 3.05) is 25.5 Å². The number of nitrogens with zero attached hydrogens (tertiary/aromatic N) is 2. The number of aliphatic hydroxyl groups is 2. The molecule has 0 radical (unpaired) electrons. The normalized spacial score (nSPS) is 29.0. The third-order valence-corrected chi connectivity index (χ3v) is 9.36. The monoisotopic (exact) mass is 513 g/mol. The number of terminal acetylenes is 1. The predicted octanol–water partition coefficient (Wildman–Crippen LogP) is 3.43. The maximum atomic E-state index is 13.3. The van der Waals surface area contributed by atoms with Crippen molar-refractivity contribution in [3.8, 4) is 12.3 Å². The SMILES string of the molecule is C#CCN(C)C(=O)CC1c2nc(NC(=O)c3ccc(F)cc3)sc2CC2C(C)(CO)C(O)CCC12C. The number of benzene rings is 1. The summed E-state index contributed by atoms with van der Waals surface area (Å²) < 4.78 is 13.3. The van der Waals surface area contributed by atoms with Gasteiger partial charge >= 0.3 is 0 Å². The number of fused-ring (bicyclic) bond motifs is 2. The van der Waals surface area contributed by atoms with Gasteiger partial charge in [-0.15, -0.1) is 17.8 Å². The van der Waals surface area contributed by atoms with Crippen molar-refractivity contribution in [1.82, 2.24) is 9.88 Å². The van der Waals surface area contributed by atoms with E-state index >= 15 is 0 Å². The van der Waals surface area contributed by atoms with Gasteiger partial charge in [-0.2, -0.15) is 0 Å². The van der Waals surface area contributed by atoms with E-state index in [1.165, 1.54) is 40.5 Å². The molecule has 1 fully saturated rings. The van der Waals surface area contributed by atoms with Crippen LogP contribution in [-0.2, 0) is 11.2 Å². The zero-order valence-electron chi connectivity index (χ0n) is 20.8. The quantitative estimate of drug-likeness (QED) is 0.514. The van der Waals surface area contributed by atoms with Crippen LogP contribution in [0.15, 0.2) is 24.3 Å². The van der Waals surface area contributed by atoms with Crippen LogP contribution in [0.2, 0.25) is 0 Å². The van der Waals surface area contributed by atoms with Crippen LogP contribution in [0, 0.1) is 34.9 Å². The molecule has 9 heteroatoms. The average molecular weight is 514 g/mol. The van der Waals surface area contributed by atoms with Gasteiger partial charge in [-0.3, -0.25) is 14.9 Å². The molecule has 0 spiro atoms. The molecule has 2 aromatic rings. The van der Waals surface area contributed by atoms with Gasteiger partial charge in [0.15, 0.2) is 5.13 Å². The van der Waals surface area contributed by atoms with Crippen LogP contribution >= 0.6 is 11.3 Å². The molecular formula is C27H32FN3O4S. The third-order valence-electron chi connectivity index (χ3n) is 8.35. The van der Waals surface area contributed by atoms with Crippen molar-refractivity contribution >= 4 is 28.3 Å².